The minimum atomic E-state index is 0.577. The van der Waals surface area contributed by atoms with Crippen LogP contribution in [0.1, 0.15) is 19.8 Å². The maximum Gasteiger partial charge on any atom is 0.101 e. The lowest BCUT2D eigenvalue weighted by Gasteiger charge is -2.20. The zero-order valence-corrected chi connectivity index (χ0v) is 6.95. The first-order valence-corrected chi connectivity index (χ1v) is 4.83. The molecule has 1 fully saturated rings. The molecule has 1 atom stereocenters. The summed E-state index contributed by atoms with van der Waals surface area (Å²) in [5, 5.41) is 3.97. The fourth-order valence-corrected chi connectivity index (χ4v) is 1.76. The van der Waals surface area contributed by atoms with Gasteiger partial charge in [-0.25, -0.2) is 0 Å². The van der Waals surface area contributed by atoms with Crippen LogP contribution in [0.15, 0.2) is 4.99 Å². The second kappa shape index (κ2) is 2.46. The number of nitrogens with zero attached hydrogens (tertiary/aromatic N) is 1. The Morgan fingerprint density at radius 1 is 1.60 bits per heavy atom. The number of rotatable bonds is 1. The molecule has 2 aliphatic rings. The predicted octanol–water partition coefficient (Wildman–Crippen LogP) is 1.43. The van der Waals surface area contributed by atoms with E-state index in [2.05, 4.69) is 17.2 Å². The summed E-state index contributed by atoms with van der Waals surface area (Å²) < 4.78 is 0. The highest BCUT2D eigenvalue weighted by Crippen LogP contribution is 2.31. The third-order valence-electron chi connectivity index (χ3n) is 1.87. The lowest BCUT2D eigenvalue weighted by atomic mass is 10.4. The van der Waals surface area contributed by atoms with Gasteiger partial charge in [0.2, 0.25) is 0 Å². The van der Waals surface area contributed by atoms with Gasteiger partial charge in [0.1, 0.15) is 5.84 Å². The second-order valence-corrected chi connectivity index (χ2v) is 4.20. The van der Waals surface area contributed by atoms with E-state index in [-0.39, 0.29) is 0 Å². The number of amidine groups is 1. The number of aliphatic imine (C=N–C) groups is 1. The van der Waals surface area contributed by atoms with Crippen molar-refractivity contribution >= 4 is 17.6 Å². The van der Waals surface area contributed by atoms with Crippen LogP contribution in [0.5, 0.6) is 0 Å². The first-order chi connectivity index (χ1) is 4.86. The summed E-state index contributed by atoms with van der Waals surface area (Å²) in [6.45, 7) is 2.20. The van der Waals surface area contributed by atoms with Gasteiger partial charge in [-0.15, -0.1) is 11.8 Å². The molecule has 1 heterocycles. The lowest BCUT2D eigenvalue weighted by molar-refractivity contribution is 0.840. The largest absolute Gasteiger partial charge is 0.362 e. The van der Waals surface area contributed by atoms with E-state index in [0.29, 0.717) is 5.37 Å². The summed E-state index contributed by atoms with van der Waals surface area (Å²) >= 11 is 1.87. The molecular formula is C7H12N2S. The molecule has 3 heteroatoms. The highest BCUT2D eigenvalue weighted by Gasteiger charge is 2.29. The lowest BCUT2D eigenvalue weighted by Crippen LogP contribution is -2.35. The van der Waals surface area contributed by atoms with Crippen molar-refractivity contribution in [3.05, 3.63) is 0 Å². The van der Waals surface area contributed by atoms with Crippen LogP contribution < -0.4 is 5.32 Å². The molecule has 1 aliphatic carbocycles. The zero-order chi connectivity index (χ0) is 6.97. The molecule has 2 rings (SSSR count). The monoisotopic (exact) mass is 156 g/mol. The molecule has 10 heavy (non-hydrogen) atoms. The average molecular weight is 156 g/mol. The van der Waals surface area contributed by atoms with Crippen molar-refractivity contribution in [2.75, 3.05) is 5.88 Å². The molecule has 0 saturated heterocycles. The smallest absolute Gasteiger partial charge is 0.101 e. The predicted molar refractivity (Wildman–Crippen MR) is 45.2 cm³/mol. The van der Waals surface area contributed by atoms with Crippen molar-refractivity contribution < 1.29 is 0 Å². The molecule has 1 unspecified atom stereocenters. The number of hydrogen-bond acceptors (Lipinski definition) is 3. The number of hydrogen-bond donors (Lipinski definition) is 1. The van der Waals surface area contributed by atoms with Crippen molar-refractivity contribution in [2.24, 2.45) is 10.9 Å². The normalized spacial score (nSPS) is 32.9. The van der Waals surface area contributed by atoms with E-state index < -0.39 is 0 Å². The van der Waals surface area contributed by atoms with Gasteiger partial charge in [0.25, 0.3) is 0 Å². The van der Waals surface area contributed by atoms with Crippen LogP contribution >= 0.6 is 11.8 Å². The summed E-state index contributed by atoms with van der Waals surface area (Å²) in [7, 11) is 0. The maximum absolute atomic E-state index is 4.41. The molecule has 0 bridgehead atoms. The van der Waals surface area contributed by atoms with Gasteiger partial charge in [0.05, 0.1) is 11.3 Å². The highest BCUT2D eigenvalue weighted by atomic mass is 32.2. The third-order valence-corrected chi connectivity index (χ3v) is 2.77. The van der Waals surface area contributed by atoms with Crippen molar-refractivity contribution in [1.29, 1.82) is 0 Å². The fourth-order valence-electron chi connectivity index (χ4n) is 1.12. The SMILES string of the molecule is CC1NC(C2CC2)=NCS1. The Morgan fingerprint density at radius 3 is 3.00 bits per heavy atom. The van der Waals surface area contributed by atoms with E-state index >= 15 is 0 Å². The van der Waals surface area contributed by atoms with Gasteiger partial charge in [0.15, 0.2) is 0 Å². The van der Waals surface area contributed by atoms with E-state index in [1.165, 1.54) is 18.7 Å². The minimum absolute atomic E-state index is 0.577. The van der Waals surface area contributed by atoms with E-state index in [1.54, 1.807) is 0 Å². The Morgan fingerprint density at radius 2 is 2.40 bits per heavy atom. The standard InChI is InChI=1S/C7H12N2S/c1-5-9-7(6-2-3-6)8-4-10-5/h5-6H,2-4H2,1H3,(H,8,9). The molecule has 56 valence electrons. The average Bonchev–Trinajstić information content (AvgIpc) is 2.68. The van der Waals surface area contributed by atoms with Crippen LogP contribution in [0, 0.1) is 5.92 Å². The van der Waals surface area contributed by atoms with E-state index in [1.807, 2.05) is 11.8 Å². The molecule has 0 radical (unpaired) electrons. The van der Waals surface area contributed by atoms with E-state index in [4.69, 9.17) is 0 Å². The number of thioether (sulfide) groups is 1. The first kappa shape index (κ1) is 6.53. The maximum atomic E-state index is 4.41. The molecule has 1 saturated carbocycles. The highest BCUT2D eigenvalue weighted by molar-refractivity contribution is 7.99. The molecule has 2 nitrogen and oxygen atoms in total. The topological polar surface area (TPSA) is 24.4 Å². The van der Waals surface area contributed by atoms with Crippen molar-refractivity contribution in [3.8, 4) is 0 Å². The Kier molecular flexibility index (Phi) is 1.60. The molecule has 0 aromatic heterocycles. The van der Waals surface area contributed by atoms with Gasteiger partial charge in [-0.3, -0.25) is 4.99 Å². The van der Waals surface area contributed by atoms with Gasteiger partial charge in [0, 0.05) is 5.92 Å². The molecular weight excluding hydrogens is 144 g/mol. The van der Waals surface area contributed by atoms with Crippen LogP contribution in [-0.2, 0) is 0 Å². The van der Waals surface area contributed by atoms with Crippen molar-refractivity contribution in [2.45, 2.75) is 25.1 Å². The Labute approximate surface area is 65.5 Å². The molecule has 0 amide bonds. The van der Waals surface area contributed by atoms with E-state index in [9.17, 15) is 0 Å². The molecule has 0 aromatic rings. The van der Waals surface area contributed by atoms with Gasteiger partial charge in [-0.05, 0) is 19.8 Å². The zero-order valence-electron chi connectivity index (χ0n) is 6.13. The minimum Gasteiger partial charge on any atom is -0.362 e. The van der Waals surface area contributed by atoms with Crippen LogP contribution in [0.25, 0.3) is 0 Å². The van der Waals surface area contributed by atoms with Crippen molar-refractivity contribution in [1.82, 2.24) is 5.32 Å². The fraction of sp³-hybridized carbons (Fsp3) is 0.857. The summed E-state index contributed by atoms with van der Waals surface area (Å²) in [4.78, 5) is 4.41. The Bertz CT molecular complexity index is 163. The molecule has 1 N–H and O–H groups in total. The molecule has 0 spiro atoms. The van der Waals surface area contributed by atoms with Gasteiger partial charge in [-0.1, -0.05) is 0 Å². The molecule has 0 aromatic carbocycles. The second-order valence-electron chi connectivity index (χ2n) is 2.90. The van der Waals surface area contributed by atoms with Gasteiger partial charge in [-0.2, -0.15) is 0 Å². The summed E-state index contributed by atoms with van der Waals surface area (Å²) in [5.74, 6) is 3.02. The quantitative estimate of drug-likeness (QED) is 0.621. The van der Waals surface area contributed by atoms with Crippen LogP contribution in [0.3, 0.4) is 0 Å². The third kappa shape index (κ3) is 1.29. The first-order valence-electron chi connectivity index (χ1n) is 3.79. The summed E-state index contributed by atoms with van der Waals surface area (Å²) in [6.07, 6.45) is 2.70. The van der Waals surface area contributed by atoms with E-state index in [0.717, 1.165) is 11.8 Å². The van der Waals surface area contributed by atoms with Crippen molar-refractivity contribution in [3.63, 3.8) is 0 Å². The van der Waals surface area contributed by atoms with Crippen LogP contribution in [-0.4, -0.2) is 17.1 Å². The summed E-state index contributed by atoms with van der Waals surface area (Å²) in [6, 6.07) is 0. The molecule has 1 aliphatic heterocycles. The Hall–Kier alpha value is -0.180. The number of nitrogens with one attached hydrogen (secondary N) is 1. The van der Waals surface area contributed by atoms with Gasteiger partial charge < -0.3 is 5.32 Å². The Balaban J connectivity index is 1.99. The van der Waals surface area contributed by atoms with Crippen LogP contribution in [0.4, 0.5) is 0 Å². The van der Waals surface area contributed by atoms with Crippen LogP contribution in [0.2, 0.25) is 0 Å². The summed E-state index contributed by atoms with van der Waals surface area (Å²) in [5.41, 5.74) is 0. The van der Waals surface area contributed by atoms with Gasteiger partial charge >= 0.3 is 0 Å².